The molecule has 2 aromatic carbocycles. The molecule has 49 heavy (non-hydrogen) atoms. The summed E-state index contributed by atoms with van der Waals surface area (Å²) in [6.45, 7) is -0.283. The highest BCUT2D eigenvalue weighted by atomic mass is 35.5. The van der Waals surface area contributed by atoms with E-state index in [-0.39, 0.29) is 62.7 Å². The first-order chi connectivity index (χ1) is 23.3. The lowest BCUT2D eigenvalue weighted by atomic mass is 9.95. The number of aromatic nitrogens is 2. The normalized spacial score (nSPS) is 25.9. The lowest BCUT2D eigenvalue weighted by molar-refractivity contribution is -0.00141. The first kappa shape index (κ1) is 32.4. The molecule has 0 amide bonds. The van der Waals surface area contributed by atoms with Gasteiger partial charge in [-0.2, -0.15) is 15.2 Å². The maximum absolute atomic E-state index is 17.1. The molecule has 8 nitrogen and oxygen atoms in total. The van der Waals surface area contributed by atoms with Crippen LogP contribution in [0.25, 0.3) is 32.1 Å². The smallest absolute Gasteiger partial charge is 0.319 e. The Bertz CT molecular complexity index is 2080. The van der Waals surface area contributed by atoms with Gasteiger partial charge in [0, 0.05) is 30.3 Å². The van der Waals surface area contributed by atoms with Crippen LogP contribution in [0.15, 0.2) is 12.1 Å². The lowest BCUT2D eigenvalue weighted by Crippen LogP contribution is -2.45. The number of alkyl halides is 5. The van der Waals surface area contributed by atoms with E-state index in [1.807, 2.05) is 11.0 Å². The predicted molar refractivity (Wildman–Crippen MR) is 169 cm³/mol. The van der Waals surface area contributed by atoms with Gasteiger partial charge < -0.3 is 20.1 Å². The Kier molecular flexibility index (Phi) is 7.51. The van der Waals surface area contributed by atoms with E-state index in [4.69, 9.17) is 26.8 Å². The highest BCUT2D eigenvalue weighted by molar-refractivity contribution is 7.23. The minimum absolute atomic E-state index is 0.0303. The summed E-state index contributed by atoms with van der Waals surface area (Å²) in [7, 11) is 0. The van der Waals surface area contributed by atoms with Crippen molar-refractivity contribution < 1.29 is 40.2 Å². The minimum atomic E-state index is -3.30. The number of nitrogen functional groups attached to an aromatic ring is 1. The number of hydrogen-bond acceptors (Lipinski definition) is 9. The molecule has 4 aliphatic rings. The van der Waals surface area contributed by atoms with Crippen molar-refractivity contribution >= 4 is 54.7 Å². The van der Waals surface area contributed by atoms with Crippen molar-refractivity contribution in [1.29, 1.82) is 5.26 Å². The Morgan fingerprint density at radius 2 is 1.98 bits per heavy atom. The summed E-state index contributed by atoms with van der Waals surface area (Å²) in [6.07, 6.45) is -5.61. The first-order valence-electron chi connectivity index (χ1n) is 15.6. The molecule has 4 atom stereocenters. The maximum atomic E-state index is 17.1. The van der Waals surface area contributed by atoms with Crippen LogP contribution in [0.4, 0.5) is 41.6 Å². The van der Waals surface area contributed by atoms with Crippen molar-refractivity contribution in [3.8, 4) is 29.0 Å². The number of hydrogen-bond donors (Lipinski definition) is 1. The summed E-state index contributed by atoms with van der Waals surface area (Å²) in [5.41, 5.74) is 4.25. The van der Waals surface area contributed by atoms with Crippen LogP contribution in [0.5, 0.6) is 11.8 Å². The highest BCUT2D eigenvalue weighted by Crippen LogP contribution is 2.54. The fourth-order valence-corrected chi connectivity index (χ4v) is 9.35. The number of ether oxygens (including phenoxy) is 2. The van der Waals surface area contributed by atoms with Crippen LogP contribution in [-0.2, 0) is 0 Å². The zero-order chi connectivity index (χ0) is 34.6. The second kappa shape index (κ2) is 11.4. The molecule has 1 saturated carbocycles. The summed E-state index contributed by atoms with van der Waals surface area (Å²) in [5.74, 6) is -5.82. The van der Waals surface area contributed by atoms with Crippen LogP contribution >= 0.6 is 22.9 Å². The standard InChI is InChI=1S/C32H26ClF7N6O2S/c33-23-21(14-2-3-16(35)27-20(14)15(9-41)28(42)49-27)24(38)25-22-26(23)48-18-8-32(39,40)7-17(18)46(11-19(36)37)29(22)44-30(43-25)47-12-31-4-1-5-45(31)10-13(34)6-31/h2-3,13,17-19H,1,4-8,10-12,42H2/t13-,17?,18?,31+/m1/s1. The van der Waals surface area contributed by atoms with E-state index in [2.05, 4.69) is 9.97 Å². The average molecular weight is 727 g/mol. The van der Waals surface area contributed by atoms with E-state index in [1.165, 1.54) is 6.07 Å². The Morgan fingerprint density at radius 3 is 2.73 bits per heavy atom. The molecular weight excluding hydrogens is 701 g/mol. The van der Waals surface area contributed by atoms with E-state index in [0.29, 0.717) is 13.0 Å². The van der Waals surface area contributed by atoms with Crippen molar-refractivity contribution in [2.75, 3.05) is 36.9 Å². The van der Waals surface area contributed by atoms with Gasteiger partial charge in [-0.25, -0.2) is 30.7 Å². The van der Waals surface area contributed by atoms with Gasteiger partial charge in [-0.3, -0.25) is 4.90 Å². The number of anilines is 2. The predicted octanol–water partition coefficient (Wildman–Crippen LogP) is 7.48. The number of nitrogens with zero attached hydrogens (tertiary/aromatic N) is 5. The number of nitrogens with two attached hydrogens (primary N) is 1. The molecule has 1 aliphatic carbocycles. The second-order valence-electron chi connectivity index (χ2n) is 13.0. The van der Waals surface area contributed by atoms with Gasteiger partial charge in [-0.1, -0.05) is 17.7 Å². The zero-order valence-electron chi connectivity index (χ0n) is 25.4. The van der Waals surface area contributed by atoms with Crippen LogP contribution in [0.2, 0.25) is 5.02 Å². The topological polar surface area (TPSA) is 101 Å². The van der Waals surface area contributed by atoms with E-state index in [9.17, 15) is 31.6 Å². The van der Waals surface area contributed by atoms with Gasteiger partial charge >= 0.3 is 6.01 Å². The molecule has 17 heteroatoms. The third kappa shape index (κ3) is 5.02. The van der Waals surface area contributed by atoms with Crippen LogP contribution in [0.3, 0.4) is 0 Å². The molecule has 2 N–H and O–H groups in total. The minimum Gasteiger partial charge on any atom is -0.486 e. The molecule has 258 valence electrons. The maximum Gasteiger partial charge on any atom is 0.319 e. The third-order valence-corrected chi connectivity index (χ3v) is 11.5. The van der Waals surface area contributed by atoms with Gasteiger partial charge in [-0.05, 0) is 31.0 Å². The van der Waals surface area contributed by atoms with Gasteiger partial charge in [0.15, 0.2) is 11.6 Å². The molecule has 2 aromatic heterocycles. The third-order valence-electron chi connectivity index (χ3n) is 10.1. The number of nitriles is 1. The van der Waals surface area contributed by atoms with Crippen molar-refractivity contribution in [3.05, 3.63) is 34.4 Å². The van der Waals surface area contributed by atoms with Crippen LogP contribution in [0.1, 0.15) is 37.7 Å². The summed E-state index contributed by atoms with van der Waals surface area (Å²) >= 11 is 7.65. The van der Waals surface area contributed by atoms with Gasteiger partial charge in [0.25, 0.3) is 12.3 Å². The van der Waals surface area contributed by atoms with E-state index < -0.39 is 89.3 Å². The molecule has 4 aromatic rings. The molecule has 5 heterocycles. The highest BCUT2D eigenvalue weighted by Gasteiger charge is 2.53. The van der Waals surface area contributed by atoms with Crippen molar-refractivity contribution in [2.24, 2.45) is 0 Å². The average Bonchev–Trinajstić information content (AvgIpc) is 3.74. The quantitative estimate of drug-likeness (QED) is 0.204. The zero-order valence-corrected chi connectivity index (χ0v) is 27.0. The molecule has 2 unspecified atom stereocenters. The van der Waals surface area contributed by atoms with Crippen molar-refractivity contribution in [3.63, 3.8) is 0 Å². The largest absolute Gasteiger partial charge is 0.486 e. The van der Waals surface area contributed by atoms with Gasteiger partial charge in [0.05, 0.1) is 45.2 Å². The molecule has 0 bridgehead atoms. The molecule has 0 radical (unpaired) electrons. The molecule has 8 rings (SSSR count). The van der Waals surface area contributed by atoms with Gasteiger partial charge in [-0.15, -0.1) is 11.3 Å². The summed E-state index contributed by atoms with van der Waals surface area (Å²) in [4.78, 5) is 11.7. The summed E-state index contributed by atoms with van der Waals surface area (Å²) < 4.78 is 117. The van der Waals surface area contributed by atoms with Gasteiger partial charge in [0.1, 0.15) is 47.1 Å². The number of rotatable bonds is 6. The Labute approximate surface area is 283 Å². The summed E-state index contributed by atoms with van der Waals surface area (Å²) in [5, 5.41) is 9.12. The summed E-state index contributed by atoms with van der Waals surface area (Å²) in [6, 6.07) is 2.37. The number of halogens is 8. The van der Waals surface area contributed by atoms with Crippen LogP contribution < -0.4 is 20.1 Å². The molecule has 3 fully saturated rings. The van der Waals surface area contributed by atoms with E-state index in [0.717, 1.165) is 28.7 Å². The second-order valence-corrected chi connectivity index (χ2v) is 14.5. The lowest BCUT2D eigenvalue weighted by Gasteiger charge is -2.32. The van der Waals surface area contributed by atoms with Crippen molar-refractivity contribution in [2.45, 2.75) is 68.3 Å². The van der Waals surface area contributed by atoms with E-state index in [1.54, 1.807) is 0 Å². The van der Waals surface area contributed by atoms with Gasteiger partial charge in [0.2, 0.25) is 0 Å². The first-order valence-corrected chi connectivity index (χ1v) is 16.7. The SMILES string of the molecule is N#Cc1c(N)sc2c(F)ccc(-c3c(Cl)c4c5c(nc(OC[C@@]67CCCN6C[C@H](F)C7)nc5c3F)N(CC(F)F)C3CC(F)(F)CC3O4)c12. The Balaban J connectivity index is 1.38. The number of benzene rings is 2. The van der Waals surface area contributed by atoms with E-state index >= 15 is 4.39 Å². The molecule has 2 saturated heterocycles. The van der Waals surface area contributed by atoms with Crippen LogP contribution in [0, 0.1) is 23.0 Å². The van der Waals surface area contributed by atoms with Crippen molar-refractivity contribution in [1.82, 2.24) is 14.9 Å². The molecule has 0 spiro atoms. The fourth-order valence-electron chi connectivity index (χ4n) is 8.07. The Morgan fingerprint density at radius 1 is 1.18 bits per heavy atom. The van der Waals surface area contributed by atoms with Crippen LogP contribution in [-0.4, -0.2) is 77.3 Å². The number of fused-ring (bicyclic) bond motifs is 3. The molecule has 3 aliphatic heterocycles. The fraction of sp³-hybridized carbons (Fsp3) is 0.469. The molecular formula is C32H26ClF7N6O2S. The Hall–Kier alpha value is -3.81. The number of thiophene rings is 1. The monoisotopic (exact) mass is 726 g/mol.